The zero-order valence-electron chi connectivity index (χ0n) is 15.4. The van der Waals surface area contributed by atoms with E-state index in [1.807, 2.05) is 19.2 Å². The quantitative estimate of drug-likeness (QED) is 0.741. The van der Waals surface area contributed by atoms with Crippen molar-refractivity contribution in [2.75, 3.05) is 6.54 Å². The molecule has 0 unspecified atom stereocenters. The van der Waals surface area contributed by atoms with Crippen LogP contribution in [-0.2, 0) is 13.5 Å². The Hall–Kier alpha value is -2.95. The third-order valence-electron chi connectivity index (χ3n) is 4.35. The Balaban J connectivity index is 1.64. The van der Waals surface area contributed by atoms with Crippen LogP contribution in [0.5, 0.6) is 0 Å². The van der Waals surface area contributed by atoms with Crippen molar-refractivity contribution < 1.29 is 4.79 Å². The van der Waals surface area contributed by atoms with Gasteiger partial charge in [-0.25, -0.2) is 0 Å². The molecule has 2 aromatic heterocycles. The van der Waals surface area contributed by atoms with Crippen molar-refractivity contribution in [1.29, 1.82) is 0 Å². The molecule has 5 heteroatoms. The van der Waals surface area contributed by atoms with Gasteiger partial charge >= 0.3 is 0 Å². The molecule has 134 valence electrons. The van der Waals surface area contributed by atoms with E-state index in [0.29, 0.717) is 23.7 Å². The Kier molecular flexibility index (Phi) is 5.46. The van der Waals surface area contributed by atoms with Crippen LogP contribution in [0.25, 0.3) is 11.3 Å². The number of carbonyl (C=O) groups is 1. The molecule has 5 nitrogen and oxygen atoms in total. The number of rotatable bonds is 6. The van der Waals surface area contributed by atoms with Crippen LogP contribution < -0.4 is 5.32 Å². The first-order valence-electron chi connectivity index (χ1n) is 8.85. The van der Waals surface area contributed by atoms with Crippen LogP contribution in [0, 0.1) is 0 Å². The Labute approximate surface area is 154 Å². The van der Waals surface area contributed by atoms with Gasteiger partial charge in [-0.05, 0) is 35.6 Å². The van der Waals surface area contributed by atoms with Crippen molar-refractivity contribution in [3.8, 4) is 11.3 Å². The number of amides is 1. The maximum atomic E-state index is 12.6. The van der Waals surface area contributed by atoms with Crippen molar-refractivity contribution in [1.82, 2.24) is 20.1 Å². The van der Waals surface area contributed by atoms with Gasteiger partial charge in [0.1, 0.15) is 5.69 Å². The van der Waals surface area contributed by atoms with Gasteiger partial charge in [0, 0.05) is 37.7 Å². The highest BCUT2D eigenvalue weighted by atomic mass is 16.1. The minimum absolute atomic E-state index is 0.115. The maximum absolute atomic E-state index is 12.6. The second kappa shape index (κ2) is 7.95. The van der Waals surface area contributed by atoms with Crippen LogP contribution in [0.4, 0.5) is 0 Å². The summed E-state index contributed by atoms with van der Waals surface area (Å²) in [7, 11) is 1.81. The van der Waals surface area contributed by atoms with Gasteiger partial charge < -0.3 is 5.32 Å². The molecule has 0 radical (unpaired) electrons. The number of hydrogen-bond acceptors (Lipinski definition) is 3. The predicted octanol–water partition coefficient (Wildman–Crippen LogP) is 3.58. The van der Waals surface area contributed by atoms with Gasteiger partial charge in [-0.1, -0.05) is 38.1 Å². The van der Waals surface area contributed by atoms with Crippen LogP contribution in [0.15, 0.2) is 55.0 Å². The SMILES string of the molecule is CC(C)c1ccc(CCNC(=O)c2cn(C)nc2-c2cccnc2)cc1. The Morgan fingerprint density at radius 1 is 1.19 bits per heavy atom. The zero-order chi connectivity index (χ0) is 18.5. The number of aromatic nitrogens is 3. The molecule has 3 aromatic rings. The summed E-state index contributed by atoms with van der Waals surface area (Å²) in [6.45, 7) is 4.95. The van der Waals surface area contributed by atoms with Crippen LogP contribution in [0.2, 0.25) is 0 Å². The van der Waals surface area contributed by atoms with Crippen LogP contribution in [0.1, 0.15) is 41.3 Å². The van der Waals surface area contributed by atoms with Crippen molar-refractivity contribution in [3.63, 3.8) is 0 Å². The van der Waals surface area contributed by atoms with E-state index in [1.165, 1.54) is 11.1 Å². The first-order valence-corrected chi connectivity index (χ1v) is 8.85. The number of nitrogens with one attached hydrogen (secondary N) is 1. The summed E-state index contributed by atoms with van der Waals surface area (Å²) in [6.07, 6.45) is 5.97. The number of nitrogens with zero attached hydrogens (tertiary/aromatic N) is 3. The van der Waals surface area contributed by atoms with Gasteiger partial charge in [-0.3, -0.25) is 14.5 Å². The predicted molar refractivity (Wildman–Crippen MR) is 103 cm³/mol. The molecule has 0 bridgehead atoms. The van der Waals surface area contributed by atoms with Gasteiger partial charge in [0.15, 0.2) is 0 Å². The van der Waals surface area contributed by atoms with E-state index in [2.05, 4.69) is 53.5 Å². The standard InChI is InChI=1S/C21H24N4O/c1-15(2)17-8-6-16(7-9-17)10-12-23-21(26)19-14-25(3)24-20(19)18-5-4-11-22-13-18/h4-9,11,13-15H,10,12H2,1-3H3,(H,23,26). The third kappa shape index (κ3) is 4.17. The Bertz CT molecular complexity index is 867. The summed E-state index contributed by atoms with van der Waals surface area (Å²) in [6, 6.07) is 12.3. The van der Waals surface area contributed by atoms with Crippen molar-refractivity contribution in [3.05, 3.63) is 71.7 Å². The molecule has 1 aromatic carbocycles. The zero-order valence-corrected chi connectivity index (χ0v) is 15.4. The second-order valence-electron chi connectivity index (χ2n) is 6.71. The topological polar surface area (TPSA) is 59.8 Å². The summed E-state index contributed by atoms with van der Waals surface area (Å²) >= 11 is 0. The van der Waals surface area contributed by atoms with Gasteiger partial charge in [0.05, 0.1) is 5.56 Å². The smallest absolute Gasteiger partial charge is 0.255 e. The van der Waals surface area contributed by atoms with E-state index >= 15 is 0 Å². The van der Waals surface area contributed by atoms with E-state index in [4.69, 9.17) is 0 Å². The fourth-order valence-corrected chi connectivity index (χ4v) is 2.86. The van der Waals surface area contributed by atoms with Gasteiger partial charge in [-0.15, -0.1) is 0 Å². The number of hydrogen-bond donors (Lipinski definition) is 1. The molecule has 0 spiro atoms. The summed E-state index contributed by atoms with van der Waals surface area (Å²) in [4.78, 5) is 16.7. The number of pyridine rings is 1. The third-order valence-corrected chi connectivity index (χ3v) is 4.35. The minimum Gasteiger partial charge on any atom is -0.352 e. The van der Waals surface area contributed by atoms with E-state index in [0.717, 1.165) is 12.0 Å². The van der Waals surface area contributed by atoms with E-state index in [-0.39, 0.29) is 5.91 Å². The molecular weight excluding hydrogens is 324 g/mol. The average molecular weight is 348 g/mol. The van der Waals surface area contributed by atoms with Crippen LogP contribution >= 0.6 is 0 Å². The van der Waals surface area contributed by atoms with Crippen molar-refractivity contribution in [2.24, 2.45) is 7.05 Å². The minimum atomic E-state index is -0.115. The number of benzene rings is 1. The lowest BCUT2D eigenvalue weighted by molar-refractivity contribution is 0.0954. The first kappa shape index (κ1) is 17.9. The molecule has 0 aliphatic rings. The maximum Gasteiger partial charge on any atom is 0.255 e. The highest BCUT2D eigenvalue weighted by Crippen LogP contribution is 2.20. The lowest BCUT2D eigenvalue weighted by Gasteiger charge is -2.08. The van der Waals surface area contributed by atoms with E-state index in [9.17, 15) is 4.79 Å². The molecule has 0 aliphatic heterocycles. The normalized spacial score (nSPS) is 10.9. The van der Waals surface area contributed by atoms with Crippen LogP contribution in [-0.4, -0.2) is 27.2 Å². The Morgan fingerprint density at radius 3 is 2.62 bits per heavy atom. The highest BCUT2D eigenvalue weighted by Gasteiger charge is 2.16. The average Bonchev–Trinajstić information content (AvgIpc) is 3.05. The molecule has 0 fully saturated rings. The summed E-state index contributed by atoms with van der Waals surface area (Å²) in [5.41, 5.74) is 4.60. The first-order chi connectivity index (χ1) is 12.5. The van der Waals surface area contributed by atoms with Crippen molar-refractivity contribution in [2.45, 2.75) is 26.2 Å². The molecule has 3 rings (SSSR count). The van der Waals surface area contributed by atoms with E-state index < -0.39 is 0 Å². The molecular formula is C21H24N4O. The molecule has 0 saturated carbocycles. The Morgan fingerprint density at radius 2 is 1.96 bits per heavy atom. The number of aryl methyl sites for hydroxylation is 1. The summed E-state index contributed by atoms with van der Waals surface area (Å²) in [5.74, 6) is 0.413. The second-order valence-corrected chi connectivity index (χ2v) is 6.71. The monoisotopic (exact) mass is 348 g/mol. The van der Waals surface area contributed by atoms with Gasteiger partial charge in [0.2, 0.25) is 0 Å². The lowest BCUT2D eigenvalue weighted by Crippen LogP contribution is -2.25. The fraction of sp³-hybridized carbons (Fsp3) is 0.286. The highest BCUT2D eigenvalue weighted by molar-refractivity contribution is 5.99. The summed E-state index contributed by atoms with van der Waals surface area (Å²) in [5, 5.41) is 7.41. The van der Waals surface area contributed by atoms with Crippen molar-refractivity contribution >= 4 is 5.91 Å². The lowest BCUT2D eigenvalue weighted by atomic mass is 10.0. The molecule has 26 heavy (non-hydrogen) atoms. The molecule has 1 N–H and O–H groups in total. The van der Waals surface area contributed by atoms with Gasteiger partial charge in [-0.2, -0.15) is 5.10 Å². The van der Waals surface area contributed by atoms with Gasteiger partial charge in [0.25, 0.3) is 5.91 Å². The van der Waals surface area contributed by atoms with E-state index in [1.54, 1.807) is 23.3 Å². The fourth-order valence-electron chi connectivity index (χ4n) is 2.86. The number of carbonyl (C=O) groups excluding carboxylic acids is 1. The molecule has 1 amide bonds. The molecule has 0 saturated heterocycles. The molecule has 2 heterocycles. The molecule has 0 atom stereocenters. The van der Waals surface area contributed by atoms with Crippen LogP contribution in [0.3, 0.4) is 0 Å². The summed E-state index contributed by atoms with van der Waals surface area (Å²) < 4.78 is 1.65. The molecule has 0 aliphatic carbocycles. The largest absolute Gasteiger partial charge is 0.352 e.